The summed E-state index contributed by atoms with van der Waals surface area (Å²) in [4.78, 5) is 12.2. The van der Waals surface area contributed by atoms with E-state index in [9.17, 15) is 4.79 Å². The summed E-state index contributed by atoms with van der Waals surface area (Å²) in [5.41, 5.74) is 2.89. The van der Waals surface area contributed by atoms with Gasteiger partial charge in [0.25, 0.3) is 5.91 Å². The average molecular weight is 390 g/mol. The maximum atomic E-state index is 12.2. The number of unbranched alkanes of at least 4 members (excludes halogenated alkanes) is 2. The van der Waals surface area contributed by atoms with Crippen LogP contribution in [-0.4, -0.2) is 48.7 Å². The second-order valence-electron chi connectivity index (χ2n) is 6.98. The number of aromatic nitrogens is 2. The van der Waals surface area contributed by atoms with Crippen molar-refractivity contribution < 1.29 is 15.7 Å². The highest BCUT2D eigenvalue weighted by atomic mass is 16.5. The average Bonchev–Trinajstić information content (AvgIpc) is 3.15. The second kappa shape index (κ2) is 12.3. The summed E-state index contributed by atoms with van der Waals surface area (Å²) in [5, 5.41) is 7.23. The number of nitrogens with one attached hydrogen (secondary N) is 1. The van der Waals surface area contributed by atoms with Crippen LogP contribution in [0.2, 0.25) is 0 Å². The van der Waals surface area contributed by atoms with Crippen LogP contribution in [0, 0.1) is 6.92 Å². The van der Waals surface area contributed by atoms with E-state index in [4.69, 9.17) is 9.47 Å². The third-order valence-electron chi connectivity index (χ3n) is 4.58. The molecule has 0 spiro atoms. The summed E-state index contributed by atoms with van der Waals surface area (Å²) >= 11 is 0. The smallest absolute Gasteiger partial charge is 0.251 e. The van der Waals surface area contributed by atoms with Crippen LogP contribution < -0.4 is 5.32 Å². The van der Waals surface area contributed by atoms with E-state index in [1.807, 2.05) is 48.3 Å². The molecule has 0 fully saturated rings. The number of hydrogen-bond acceptors (Lipinski definition) is 4. The lowest BCUT2D eigenvalue weighted by molar-refractivity contribution is 0.0469. The topological polar surface area (TPSA) is 65.4 Å². The monoisotopic (exact) mass is 389 g/mol. The maximum absolute atomic E-state index is 12.2. The van der Waals surface area contributed by atoms with Crippen LogP contribution in [0.25, 0.3) is 0 Å². The van der Waals surface area contributed by atoms with E-state index in [0.717, 1.165) is 24.2 Å². The van der Waals surface area contributed by atoms with Crippen molar-refractivity contribution in [2.75, 3.05) is 33.0 Å². The molecule has 2 aromatic rings. The molecule has 1 amide bonds. The molecule has 0 saturated carbocycles. The quantitative estimate of drug-likeness (QED) is 0.526. The van der Waals surface area contributed by atoms with Crippen molar-refractivity contribution in [3.8, 4) is 0 Å². The summed E-state index contributed by atoms with van der Waals surface area (Å²) in [6.07, 6.45) is 7.37. The van der Waals surface area contributed by atoms with Crippen LogP contribution in [-0.2, 0) is 9.47 Å². The highest BCUT2D eigenvalue weighted by molar-refractivity contribution is 5.94. The molecular formula is C22H35N3O3. The molecule has 6 heteroatoms. The van der Waals surface area contributed by atoms with E-state index < -0.39 is 0 Å². The fraction of sp³-hybridized carbons (Fsp3) is 0.545. The van der Waals surface area contributed by atoms with Gasteiger partial charge in [0.2, 0.25) is 0 Å². The zero-order valence-electron chi connectivity index (χ0n) is 17.3. The van der Waals surface area contributed by atoms with Gasteiger partial charge < -0.3 is 14.8 Å². The number of amides is 1. The summed E-state index contributed by atoms with van der Waals surface area (Å²) in [7, 11) is 0. The first kappa shape index (κ1) is 22.1. The van der Waals surface area contributed by atoms with Crippen LogP contribution in [0.3, 0.4) is 0 Å². The zero-order chi connectivity index (χ0) is 20.2. The van der Waals surface area contributed by atoms with Crippen molar-refractivity contribution in [1.29, 1.82) is 0 Å². The molecule has 0 aliphatic rings. The number of nitrogens with zero attached hydrogens (tertiary/aromatic N) is 2. The predicted octanol–water partition coefficient (Wildman–Crippen LogP) is 4.00. The number of ether oxygens (including phenoxy) is 2. The maximum Gasteiger partial charge on any atom is 0.251 e. The van der Waals surface area contributed by atoms with Gasteiger partial charge >= 0.3 is 0 Å². The zero-order valence-corrected chi connectivity index (χ0v) is 17.3. The summed E-state index contributed by atoms with van der Waals surface area (Å²) < 4.78 is 12.9. The lowest BCUT2D eigenvalue weighted by Crippen LogP contribution is -2.27. The minimum atomic E-state index is -0.0893. The number of benzene rings is 1. The second-order valence-corrected chi connectivity index (χ2v) is 6.98. The molecule has 6 nitrogen and oxygen atoms in total. The first-order chi connectivity index (χ1) is 13.6. The van der Waals surface area contributed by atoms with Crippen molar-refractivity contribution in [1.82, 2.24) is 15.1 Å². The lowest BCUT2D eigenvalue weighted by atomic mass is 10.1. The molecule has 0 radical (unpaired) electrons. The summed E-state index contributed by atoms with van der Waals surface area (Å²) in [5.74, 6) is -0.0893. The van der Waals surface area contributed by atoms with Crippen molar-refractivity contribution in [2.24, 2.45) is 0 Å². The van der Waals surface area contributed by atoms with E-state index in [0.29, 0.717) is 31.9 Å². The Labute approximate surface area is 169 Å². The van der Waals surface area contributed by atoms with E-state index in [1.54, 1.807) is 0 Å². The predicted molar refractivity (Wildman–Crippen MR) is 113 cm³/mol. The summed E-state index contributed by atoms with van der Waals surface area (Å²) in [6.45, 7) is 9.21. The van der Waals surface area contributed by atoms with Gasteiger partial charge in [-0.15, -0.1) is 0 Å². The fourth-order valence-electron chi connectivity index (χ4n) is 2.83. The molecule has 0 bridgehead atoms. The van der Waals surface area contributed by atoms with E-state index in [-0.39, 0.29) is 13.4 Å². The number of carbonyl (C=O) groups excluding carboxylic acids is 1. The molecule has 1 unspecified atom stereocenters. The molecule has 1 aromatic heterocycles. The molecule has 0 saturated heterocycles. The third-order valence-corrected chi connectivity index (χ3v) is 4.58. The van der Waals surface area contributed by atoms with Gasteiger partial charge in [-0.05, 0) is 43.5 Å². The Balaban J connectivity index is 0.00000420. The third kappa shape index (κ3) is 7.44. The number of carbonyl (C=O) groups is 1. The highest BCUT2D eigenvalue weighted by Gasteiger charge is 2.10. The van der Waals surface area contributed by atoms with Crippen molar-refractivity contribution in [3.63, 3.8) is 0 Å². The Bertz CT molecular complexity index is 704. The van der Waals surface area contributed by atoms with E-state index in [1.165, 1.54) is 12.8 Å². The molecule has 1 aromatic carbocycles. The van der Waals surface area contributed by atoms with Crippen LogP contribution in [0.5, 0.6) is 0 Å². The molecule has 1 atom stereocenters. The van der Waals surface area contributed by atoms with Crippen LogP contribution >= 0.6 is 0 Å². The van der Waals surface area contributed by atoms with Crippen molar-refractivity contribution in [2.45, 2.75) is 46.1 Å². The summed E-state index contributed by atoms with van der Waals surface area (Å²) in [6, 6.07) is 7.78. The first-order valence-corrected chi connectivity index (χ1v) is 10.2. The molecular weight excluding hydrogens is 354 g/mol. The van der Waals surface area contributed by atoms with Crippen LogP contribution in [0.15, 0.2) is 36.7 Å². The Hall–Kier alpha value is -2.18. The van der Waals surface area contributed by atoms with Gasteiger partial charge in [0.05, 0.1) is 32.1 Å². The lowest BCUT2D eigenvalue weighted by Gasteiger charge is -2.13. The van der Waals surface area contributed by atoms with Gasteiger partial charge in [-0.25, -0.2) is 0 Å². The van der Waals surface area contributed by atoms with Gasteiger partial charge in [-0.2, -0.15) is 5.10 Å². The molecule has 1 heterocycles. The Kier molecular flexibility index (Phi) is 9.72. The van der Waals surface area contributed by atoms with Crippen molar-refractivity contribution >= 4 is 5.91 Å². The van der Waals surface area contributed by atoms with Gasteiger partial charge in [0.1, 0.15) is 0 Å². The Morgan fingerprint density at radius 2 is 1.86 bits per heavy atom. The fourth-order valence-corrected chi connectivity index (χ4v) is 2.83. The van der Waals surface area contributed by atoms with E-state index in [2.05, 4.69) is 24.3 Å². The Morgan fingerprint density at radius 3 is 2.50 bits per heavy atom. The SMILES string of the molecule is CCCCCOCCOCCNC(=O)c1ccc(C(C)n2cc(C)cn2)cc1.[HH]. The largest absolute Gasteiger partial charge is 0.379 e. The minimum absolute atomic E-state index is 0. The molecule has 28 heavy (non-hydrogen) atoms. The molecule has 0 aliphatic heterocycles. The molecule has 156 valence electrons. The van der Waals surface area contributed by atoms with Gasteiger partial charge in [0.15, 0.2) is 0 Å². The number of hydrogen-bond donors (Lipinski definition) is 1. The van der Waals surface area contributed by atoms with Gasteiger partial charge in [-0.3, -0.25) is 9.48 Å². The highest BCUT2D eigenvalue weighted by Crippen LogP contribution is 2.18. The molecule has 2 rings (SSSR count). The first-order valence-electron chi connectivity index (χ1n) is 10.2. The Morgan fingerprint density at radius 1 is 1.14 bits per heavy atom. The van der Waals surface area contributed by atoms with Crippen LogP contribution in [0.4, 0.5) is 0 Å². The van der Waals surface area contributed by atoms with Crippen LogP contribution in [0.1, 0.15) is 62.1 Å². The number of aryl methyl sites for hydroxylation is 1. The normalized spacial score (nSPS) is 12.1. The molecule has 0 aliphatic carbocycles. The van der Waals surface area contributed by atoms with E-state index >= 15 is 0 Å². The number of rotatable bonds is 13. The standard InChI is InChI=1S/C22H33N3O3.H2/c1-4-5-6-12-27-14-15-28-13-11-23-22(26)21-9-7-20(8-10-21)19(3)25-17-18(2)16-24-25;/h7-10,16-17,19H,4-6,11-15H2,1-3H3,(H,23,26);1H. The van der Waals surface area contributed by atoms with Gasteiger partial charge in [0, 0.05) is 26.3 Å². The minimum Gasteiger partial charge on any atom is -0.379 e. The van der Waals surface area contributed by atoms with Gasteiger partial charge in [-0.1, -0.05) is 31.9 Å². The molecule has 1 N–H and O–H groups in total. The van der Waals surface area contributed by atoms with Crippen molar-refractivity contribution in [3.05, 3.63) is 53.3 Å².